The molecule has 0 saturated carbocycles. The number of amides is 2. The molecule has 1 aromatic rings. The minimum atomic E-state index is -0.00248. The first kappa shape index (κ1) is 20.2. The molecule has 0 aromatic heterocycles. The number of urea groups is 1. The third-order valence-corrected chi connectivity index (χ3v) is 6.01. The number of hydrogen-bond donors (Lipinski definition) is 3. The first-order chi connectivity index (χ1) is 13.3. The smallest absolute Gasteiger partial charge is 0.314 e. The number of nitrogens with zero attached hydrogens (tertiary/aromatic N) is 1. The van der Waals surface area contributed by atoms with Crippen LogP contribution in [-0.4, -0.2) is 56.2 Å². The number of piperidine rings is 2. The molecule has 1 aromatic carbocycles. The molecular weight excluding hydrogens is 336 g/mol. The lowest BCUT2D eigenvalue weighted by atomic mass is 9.96. The zero-order valence-electron chi connectivity index (χ0n) is 16.6. The maximum atomic E-state index is 12.0. The van der Waals surface area contributed by atoms with Crippen molar-refractivity contribution in [2.24, 2.45) is 5.92 Å². The molecule has 1 atom stereocenters. The minimum absolute atomic E-state index is 0.00248. The number of likely N-dealkylation sites (tertiary alicyclic amines) is 1. The molecule has 2 aliphatic heterocycles. The maximum absolute atomic E-state index is 12.0. The van der Waals surface area contributed by atoms with Crippen molar-refractivity contribution in [1.29, 1.82) is 0 Å². The van der Waals surface area contributed by atoms with Crippen LogP contribution in [0.1, 0.15) is 44.1 Å². The van der Waals surface area contributed by atoms with Crippen LogP contribution in [0.5, 0.6) is 0 Å². The van der Waals surface area contributed by atoms with Gasteiger partial charge in [-0.15, -0.1) is 0 Å². The van der Waals surface area contributed by atoms with Crippen LogP contribution in [0, 0.1) is 5.92 Å². The molecule has 0 aliphatic carbocycles. The van der Waals surface area contributed by atoms with Gasteiger partial charge in [0.2, 0.25) is 0 Å². The zero-order chi connectivity index (χ0) is 18.7. The molecule has 2 aliphatic rings. The lowest BCUT2D eigenvalue weighted by Crippen LogP contribution is -2.43. The summed E-state index contributed by atoms with van der Waals surface area (Å²) < 4.78 is 0. The third-order valence-electron chi connectivity index (χ3n) is 6.01. The van der Waals surface area contributed by atoms with E-state index >= 15 is 0 Å². The van der Waals surface area contributed by atoms with E-state index in [1.54, 1.807) is 0 Å². The van der Waals surface area contributed by atoms with E-state index in [-0.39, 0.29) is 6.03 Å². The quantitative estimate of drug-likeness (QED) is 0.658. The number of rotatable bonds is 8. The monoisotopic (exact) mass is 372 g/mol. The second kappa shape index (κ2) is 11.3. The largest absolute Gasteiger partial charge is 0.338 e. The van der Waals surface area contributed by atoms with E-state index in [1.807, 2.05) is 0 Å². The Morgan fingerprint density at radius 3 is 2.63 bits per heavy atom. The molecule has 5 nitrogen and oxygen atoms in total. The van der Waals surface area contributed by atoms with Crippen LogP contribution in [0.4, 0.5) is 4.79 Å². The van der Waals surface area contributed by atoms with Crippen molar-refractivity contribution in [3.8, 4) is 0 Å². The summed E-state index contributed by atoms with van der Waals surface area (Å²) >= 11 is 0. The van der Waals surface area contributed by atoms with Gasteiger partial charge in [-0.1, -0.05) is 36.8 Å². The molecule has 0 spiro atoms. The summed E-state index contributed by atoms with van der Waals surface area (Å²) in [7, 11) is 0. The first-order valence-corrected chi connectivity index (χ1v) is 10.8. The fraction of sp³-hybridized carbons (Fsp3) is 0.682. The summed E-state index contributed by atoms with van der Waals surface area (Å²) in [6.07, 6.45) is 8.37. The normalized spacial score (nSPS) is 21.7. The van der Waals surface area contributed by atoms with Gasteiger partial charge < -0.3 is 20.9 Å². The van der Waals surface area contributed by atoms with Crippen molar-refractivity contribution in [3.05, 3.63) is 35.9 Å². The summed E-state index contributed by atoms with van der Waals surface area (Å²) in [5, 5.41) is 9.62. The van der Waals surface area contributed by atoms with Crippen molar-refractivity contribution in [2.45, 2.75) is 51.0 Å². The standard InChI is InChI=1S/C22H36N4O/c27-22(24-14-9-21-8-4-5-13-23-21)25-18-20-11-16-26(17-12-20)15-10-19-6-2-1-3-7-19/h1-3,6-7,20-21,23H,4-5,8-18H2,(H2,24,25,27)/t21-/m1/s1. The fourth-order valence-corrected chi connectivity index (χ4v) is 4.18. The molecule has 3 N–H and O–H groups in total. The van der Waals surface area contributed by atoms with E-state index in [0.29, 0.717) is 12.0 Å². The Labute approximate surface area is 164 Å². The fourth-order valence-electron chi connectivity index (χ4n) is 4.18. The predicted molar refractivity (Wildman–Crippen MR) is 111 cm³/mol. The average molecular weight is 373 g/mol. The molecule has 0 bridgehead atoms. The summed E-state index contributed by atoms with van der Waals surface area (Å²) in [5.41, 5.74) is 1.42. The summed E-state index contributed by atoms with van der Waals surface area (Å²) in [6, 6.07) is 11.3. The minimum Gasteiger partial charge on any atom is -0.338 e. The molecule has 5 heteroatoms. The maximum Gasteiger partial charge on any atom is 0.314 e. The van der Waals surface area contributed by atoms with Crippen LogP contribution < -0.4 is 16.0 Å². The molecular formula is C22H36N4O. The second-order valence-corrected chi connectivity index (χ2v) is 8.09. The van der Waals surface area contributed by atoms with Crippen molar-refractivity contribution < 1.29 is 4.79 Å². The van der Waals surface area contributed by atoms with E-state index in [9.17, 15) is 4.79 Å². The van der Waals surface area contributed by atoms with Gasteiger partial charge in [0.25, 0.3) is 0 Å². The summed E-state index contributed by atoms with van der Waals surface area (Å²) in [4.78, 5) is 14.6. The lowest BCUT2D eigenvalue weighted by molar-refractivity contribution is 0.183. The van der Waals surface area contributed by atoms with E-state index in [1.165, 1.54) is 37.7 Å². The van der Waals surface area contributed by atoms with Crippen LogP contribution in [0.25, 0.3) is 0 Å². The van der Waals surface area contributed by atoms with Gasteiger partial charge in [-0.05, 0) is 69.6 Å². The molecule has 150 valence electrons. The van der Waals surface area contributed by atoms with Gasteiger partial charge in [0.05, 0.1) is 0 Å². The molecule has 2 heterocycles. The van der Waals surface area contributed by atoms with Crippen LogP contribution in [0.2, 0.25) is 0 Å². The van der Waals surface area contributed by atoms with E-state index in [2.05, 4.69) is 51.2 Å². The highest BCUT2D eigenvalue weighted by Gasteiger charge is 2.19. The van der Waals surface area contributed by atoms with E-state index in [0.717, 1.165) is 52.1 Å². The van der Waals surface area contributed by atoms with E-state index < -0.39 is 0 Å². The summed E-state index contributed by atoms with van der Waals surface area (Å²) in [5.74, 6) is 0.615. The molecule has 0 radical (unpaired) electrons. The molecule has 3 rings (SSSR count). The number of nitrogens with one attached hydrogen (secondary N) is 3. The topological polar surface area (TPSA) is 56.4 Å². The zero-order valence-corrected chi connectivity index (χ0v) is 16.6. The van der Waals surface area contributed by atoms with E-state index in [4.69, 9.17) is 0 Å². The van der Waals surface area contributed by atoms with Gasteiger partial charge >= 0.3 is 6.03 Å². The average Bonchev–Trinajstić information content (AvgIpc) is 2.73. The number of carbonyl (C=O) groups excluding carboxylic acids is 1. The van der Waals surface area contributed by atoms with Gasteiger partial charge in [0.1, 0.15) is 0 Å². The lowest BCUT2D eigenvalue weighted by Gasteiger charge is -2.32. The molecule has 2 amide bonds. The first-order valence-electron chi connectivity index (χ1n) is 10.8. The number of carbonyl (C=O) groups is 1. The van der Waals surface area contributed by atoms with Crippen molar-refractivity contribution in [3.63, 3.8) is 0 Å². The SMILES string of the molecule is O=C(NCC[C@H]1CCCCN1)NCC1CCN(CCc2ccccc2)CC1. The van der Waals surface area contributed by atoms with Gasteiger partial charge in [-0.25, -0.2) is 4.79 Å². The highest BCUT2D eigenvalue weighted by Crippen LogP contribution is 2.17. The second-order valence-electron chi connectivity index (χ2n) is 8.09. The Morgan fingerprint density at radius 1 is 1.07 bits per heavy atom. The Morgan fingerprint density at radius 2 is 1.89 bits per heavy atom. The van der Waals surface area contributed by atoms with Crippen LogP contribution in [0.15, 0.2) is 30.3 Å². The molecule has 2 fully saturated rings. The third kappa shape index (κ3) is 7.51. The van der Waals surface area contributed by atoms with Gasteiger partial charge in [-0.2, -0.15) is 0 Å². The Bertz CT molecular complexity index is 537. The Kier molecular flexibility index (Phi) is 8.43. The van der Waals surface area contributed by atoms with Gasteiger partial charge in [0.15, 0.2) is 0 Å². The van der Waals surface area contributed by atoms with Crippen molar-refractivity contribution in [1.82, 2.24) is 20.9 Å². The number of hydrogen-bond acceptors (Lipinski definition) is 3. The molecule has 0 unspecified atom stereocenters. The van der Waals surface area contributed by atoms with Gasteiger partial charge in [-0.3, -0.25) is 0 Å². The van der Waals surface area contributed by atoms with Crippen molar-refractivity contribution >= 4 is 6.03 Å². The molecule has 27 heavy (non-hydrogen) atoms. The van der Waals surface area contributed by atoms with Crippen LogP contribution in [0.3, 0.4) is 0 Å². The highest BCUT2D eigenvalue weighted by atomic mass is 16.2. The summed E-state index contributed by atoms with van der Waals surface area (Å²) in [6.45, 7) is 6.13. The Hall–Kier alpha value is -1.59. The predicted octanol–water partition coefficient (Wildman–Crippen LogP) is 2.77. The van der Waals surface area contributed by atoms with Crippen LogP contribution >= 0.6 is 0 Å². The molecule has 2 saturated heterocycles. The van der Waals surface area contributed by atoms with Gasteiger partial charge in [0, 0.05) is 25.7 Å². The van der Waals surface area contributed by atoms with Crippen LogP contribution in [-0.2, 0) is 6.42 Å². The van der Waals surface area contributed by atoms with Crippen molar-refractivity contribution in [2.75, 3.05) is 39.3 Å². The highest BCUT2D eigenvalue weighted by molar-refractivity contribution is 5.73. The number of benzene rings is 1. The Balaban J connectivity index is 1.22.